The predicted molar refractivity (Wildman–Crippen MR) is 60.9 cm³/mol. The molecular weight excluding hydrogens is 244 g/mol. The molecule has 1 heterocycles. The fraction of sp³-hybridized carbons (Fsp3) is 0.100. The fourth-order valence-corrected chi connectivity index (χ4v) is 2.11. The quantitative estimate of drug-likeness (QED) is 0.772. The van der Waals surface area contributed by atoms with Crippen LogP contribution in [0.2, 0.25) is 0 Å². The van der Waals surface area contributed by atoms with Crippen LogP contribution >= 0.6 is 0 Å². The Morgan fingerprint density at radius 2 is 2.00 bits per heavy atom. The van der Waals surface area contributed by atoms with Gasteiger partial charge in [0.05, 0.1) is 10.6 Å². The maximum absolute atomic E-state index is 11.4. The Balaban J connectivity index is 2.61. The van der Waals surface area contributed by atoms with Gasteiger partial charge >= 0.3 is 0 Å². The molecule has 7 heteroatoms. The van der Waals surface area contributed by atoms with E-state index in [1.807, 2.05) is 0 Å². The molecule has 0 aliphatic heterocycles. The lowest BCUT2D eigenvalue weighted by Crippen LogP contribution is -2.15. The van der Waals surface area contributed by atoms with E-state index >= 15 is 0 Å². The number of hydrogen-bond donors (Lipinski definition) is 2. The van der Waals surface area contributed by atoms with Crippen LogP contribution in [0.25, 0.3) is 5.69 Å². The van der Waals surface area contributed by atoms with E-state index in [-0.39, 0.29) is 10.5 Å². The summed E-state index contributed by atoms with van der Waals surface area (Å²) >= 11 is 0. The first-order chi connectivity index (χ1) is 7.89. The van der Waals surface area contributed by atoms with Gasteiger partial charge in [-0.25, -0.2) is 4.68 Å². The summed E-state index contributed by atoms with van der Waals surface area (Å²) in [6.45, 7) is 1.65. The van der Waals surface area contributed by atoms with Crippen LogP contribution in [0.4, 0.5) is 0 Å². The van der Waals surface area contributed by atoms with Crippen molar-refractivity contribution in [3.8, 4) is 5.69 Å². The van der Waals surface area contributed by atoms with Crippen LogP contribution in [-0.4, -0.2) is 22.8 Å². The SMILES string of the molecule is Cc1cc(S(=O)(=O)O)ccc1-n1[nH]ccc1=O. The normalized spacial score (nSPS) is 11.6. The van der Waals surface area contributed by atoms with E-state index in [4.69, 9.17) is 4.55 Å². The van der Waals surface area contributed by atoms with E-state index in [1.54, 1.807) is 6.92 Å². The third-order valence-electron chi connectivity index (χ3n) is 2.36. The lowest BCUT2D eigenvalue weighted by atomic mass is 10.2. The van der Waals surface area contributed by atoms with Crippen LogP contribution in [0.5, 0.6) is 0 Å². The smallest absolute Gasteiger partial charge is 0.294 e. The molecule has 0 bridgehead atoms. The van der Waals surface area contributed by atoms with Crippen LogP contribution in [-0.2, 0) is 10.1 Å². The number of H-pyrrole nitrogens is 1. The summed E-state index contributed by atoms with van der Waals surface area (Å²) in [6.07, 6.45) is 1.48. The van der Waals surface area contributed by atoms with Crippen molar-refractivity contribution in [1.82, 2.24) is 9.78 Å². The zero-order valence-corrected chi connectivity index (χ0v) is 9.73. The predicted octanol–water partition coefficient (Wildman–Crippen LogP) is 0.721. The molecule has 1 aromatic heterocycles. The zero-order chi connectivity index (χ0) is 12.6. The largest absolute Gasteiger partial charge is 0.298 e. The van der Waals surface area contributed by atoms with Crippen LogP contribution in [0, 0.1) is 6.92 Å². The maximum atomic E-state index is 11.4. The molecule has 1 aromatic carbocycles. The molecule has 6 nitrogen and oxygen atoms in total. The monoisotopic (exact) mass is 254 g/mol. The second-order valence-corrected chi connectivity index (χ2v) is 4.98. The van der Waals surface area contributed by atoms with Gasteiger partial charge in [0.15, 0.2) is 0 Å². The Morgan fingerprint density at radius 3 is 2.47 bits per heavy atom. The molecule has 0 atom stereocenters. The molecule has 0 aliphatic rings. The molecular formula is C10H10N2O4S. The summed E-state index contributed by atoms with van der Waals surface area (Å²) in [7, 11) is -4.22. The van der Waals surface area contributed by atoms with Crippen LogP contribution in [0.1, 0.15) is 5.56 Å². The van der Waals surface area contributed by atoms with Crippen LogP contribution in [0.3, 0.4) is 0 Å². The molecule has 2 rings (SSSR count). The second-order valence-electron chi connectivity index (χ2n) is 3.56. The molecule has 2 N–H and O–H groups in total. The average Bonchev–Trinajstić information content (AvgIpc) is 2.63. The summed E-state index contributed by atoms with van der Waals surface area (Å²) in [5.41, 5.74) is 0.852. The topological polar surface area (TPSA) is 92.2 Å². The van der Waals surface area contributed by atoms with Gasteiger partial charge in [-0.05, 0) is 30.7 Å². The molecule has 0 saturated heterocycles. The Morgan fingerprint density at radius 1 is 1.29 bits per heavy atom. The summed E-state index contributed by atoms with van der Waals surface area (Å²) in [5, 5.41) is 2.71. The lowest BCUT2D eigenvalue weighted by Gasteiger charge is -2.07. The van der Waals surface area contributed by atoms with Crippen LogP contribution < -0.4 is 5.56 Å². The van der Waals surface area contributed by atoms with E-state index in [0.717, 1.165) is 0 Å². The molecule has 0 aliphatic carbocycles. The summed E-state index contributed by atoms with van der Waals surface area (Å²) in [6, 6.07) is 5.36. The highest BCUT2D eigenvalue weighted by Crippen LogP contribution is 2.16. The minimum atomic E-state index is -4.22. The molecule has 0 amide bonds. The summed E-state index contributed by atoms with van der Waals surface area (Å²) in [5.74, 6) is 0. The number of nitrogens with zero attached hydrogens (tertiary/aromatic N) is 1. The Labute approximate surface area is 97.3 Å². The van der Waals surface area contributed by atoms with Crippen molar-refractivity contribution < 1.29 is 13.0 Å². The van der Waals surface area contributed by atoms with Crippen molar-refractivity contribution >= 4 is 10.1 Å². The Bertz CT molecular complexity index is 712. The van der Waals surface area contributed by atoms with Gasteiger partial charge in [0.2, 0.25) is 0 Å². The number of rotatable bonds is 2. The van der Waals surface area contributed by atoms with E-state index in [0.29, 0.717) is 11.3 Å². The maximum Gasteiger partial charge on any atom is 0.294 e. The number of aromatic nitrogens is 2. The Hall–Kier alpha value is -1.86. The fourth-order valence-electron chi connectivity index (χ4n) is 1.55. The second kappa shape index (κ2) is 3.86. The molecule has 0 unspecified atom stereocenters. The van der Waals surface area contributed by atoms with E-state index in [1.165, 1.54) is 35.1 Å². The van der Waals surface area contributed by atoms with Gasteiger partial charge in [0.1, 0.15) is 0 Å². The van der Waals surface area contributed by atoms with E-state index < -0.39 is 10.1 Å². The highest BCUT2D eigenvalue weighted by atomic mass is 32.2. The number of hydrogen-bond acceptors (Lipinski definition) is 3. The Kier molecular flexibility index (Phi) is 2.64. The first-order valence-corrected chi connectivity index (χ1v) is 6.18. The van der Waals surface area contributed by atoms with Crippen molar-refractivity contribution in [3.63, 3.8) is 0 Å². The van der Waals surface area contributed by atoms with Gasteiger partial charge in [-0.2, -0.15) is 8.42 Å². The highest BCUT2D eigenvalue weighted by molar-refractivity contribution is 7.85. The third-order valence-corrected chi connectivity index (χ3v) is 3.21. The van der Waals surface area contributed by atoms with Gasteiger partial charge in [0, 0.05) is 12.3 Å². The van der Waals surface area contributed by atoms with Crippen molar-refractivity contribution in [2.75, 3.05) is 0 Å². The number of nitrogens with one attached hydrogen (secondary N) is 1. The molecule has 90 valence electrons. The highest BCUT2D eigenvalue weighted by Gasteiger charge is 2.12. The third kappa shape index (κ3) is 2.15. The van der Waals surface area contributed by atoms with Gasteiger partial charge in [-0.1, -0.05) is 0 Å². The zero-order valence-electron chi connectivity index (χ0n) is 8.91. The number of aromatic amines is 1. The molecule has 0 saturated carbocycles. The first-order valence-electron chi connectivity index (χ1n) is 4.74. The lowest BCUT2D eigenvalue weighted by molar-refractivity contribution is 0.483. The first kappa shape index (κ1) is 11.6. The summed E-state index contributed by atoms with van der Waals surface area (Å²) in [4.78, 5) is 11.2. The molecule has 0 radical (unpaired) electrons. The van der Waals surface area contributed by atoms with Gasteiger partial charge in [-0.3, -0.25) is 14.4 Å². The minimum absolute atomic E-state index is 0.196. The van der Waals surface area contributed by atoms with Crippen molar-refractivity contribution in [1.29, 1.82) is 0 Å². The van der Waals surface area contributed by atoms with Gasteiger partial charge < -0.3 is 0 Å². The standard InChI is InChI=1S/C10H10N2O4S/c1-7-6-8(17(14,15)16)2-3-9(7)12-10(13)4-5-11-12/h2-6,11H,1H3,(H,14,15,16). The van der Waals surface area contributed by atoms with E-state index in [9.17, 15) is 13.2 Å². The van der Waals surface area contributed by atoms with Crippen molar-refractivity contribution in [2.45, 2.75) is 11.8 Å². The molecule has 0 fully saturated rings. The molecule has 0 spiro atoms. The van der Waals surface area contributed by atoms with Crippen LogP contribution in [0.15, 0.2) is 40.2 Å². The number of benzene rings is 1. The molecule has 17 heavy (non-hydrogen) atoms. The van der Waals surface area contributed by atoms with Gasteiger partial charge in [-0.15, -0.1) is 0 Å². The summed E-state index contributed by atoms with van der Waals surface area (Å²) < 4.78 is 32.0. The van der Waals surface area contributed by atoms with Crippen molar-refractivity contribution in [2.24, 2.45) is 0 Å². The van der Waals surface area contributed by atoms with E-state index in [2.05, 4.69) is 5.10 Å². The number of aryl methyl sites for hydroxylation is 1. The van der Waals surface area contributed by atoms with Gasteiger partial charge in [0.25, 0.3) is 15.7 Å². The van der Waals surface area contributed by atoms with Crippen molar-refractivity contribution in [3.05, 3.63) is 46.4 Å². The minimum Gasteiger partial charge on any atom is -0.298 e. The average molecular weight is 254 g/mol. The molecule has 2 aromatic rings.